The number of carbonyl (C=O) groups excluding carboxylic acids is 1. The molecule has 104 valence electrons. The second-order valence-electron chi connectivity index (χ2n) is 4.98. The van der Waals surface area contributed by atoms with Gasteiger partial charge in [0.05, 0.1) is 23.6 Å². The Kier molecular flexibility index (Phi) is 3.06. The SMILES string of the molecule is Cn1ccc(CNc2cc3c(cc2N)CCC(=O)N3)n1. The predicted octanol–water partition coefficient (Wildman–Crippen LogP) is 1.50. The molecule has 0 aliphatic carbocycles. The number of nitrogens with one attached hydrogen (secondary N) is 2. The van der Waals surface area contributed by atoms with Crippen LogP contribution in [0.3, 0.4) is 0 Å². The summed E-state index contributed by atoms with van der Waals surface area (Å²) in [6, 6.07) is 5.77. The summed E-state index contributed by atoms with van der Waals surface area (Å²) >= 11 is 0. The molecule has 0 bridgehead atoms. The molecule has 2 heterocycles. The third kappa shape index (κ3) is 2.45. The third-order valence-corrected chi connectivity index (χ3v) is 3.40. The summed E-state index contributed by atoms with van der Waals surface area (Å²) in [5, 5.41) is 10.4. The highest BCUT2D eigenvalue weighted by atomic mass is 16.1. The van der Waals surface area contributed by atoms with Crippen molar-refractivity contribution >= 4 is 23.0 Å². The fourth-order valence-corrected chi connectivity index (χ4v) is 2.34. The Morgan fingerprint density at radius 1 is 1.45 bits per heavy atom. The number of amides is 1. The number of anilines is 3. The van der Waals surface area contributed by atoms with Gasteiger partial charge in [-0.1, -0.05) is 0 Å². The van der Waals surface area contributed by atoms with Crippen LogP contribution in [-0.4, -0.2) is 15.7 Å². The topological polar surface area (TPSA) is 85.0 Å². The Morgan fingerprint density at radius 2 is 2.30 bits per heavy atom. The first kappa shape index (κ1) is 12.5. The van der Waals surface area contributed by atoms with Gasteiger partial charge in [-0.15, -0.1) is 0 Å². The van der Waals surface area contributed by atoms with Gasteiger partial charge in [-0.25, -0.2) is 0 Å². The number of benzene rings is 1. The van der Waals surface area contributed by atoms with Crippen molar-refractivity contribution in [2.45, 2.75) is 19.4 Å². The number of fused-ring (bicyclic) bond motifs is 1. The van der Waals surface area contributed by atoms with E-state index >= 15 is 0 Å². The average Bonchev–Trinajstić information content (AvgIpc) is 2.83. The van der Waals surface area contributed by atoms with Crippen LogP contribution in [0.15, 0.2) is 24.4 Å². The minimum Gasteiger partial charge on any atom is -0.397 e. The van der Waals surface area contributed by atoms with Gasteiger partial charge in [-0.3, -0.25) is 9.48 Å². The molecule has 1 aromatic heterocycles. The van der Waals surface area contributed by atoms with E-state index in [1.165, 1.54) is 0 Å². The Bertz CT molecular complexity index is 662. The first-order chi connectivity index (χ1) is 9.61. The van der Waals surface area contributed by atoms with E-state index in [0.717, 1.165) is 29.1 Å². The molecular weight excluding hydrogens is 254 g/mol. The molecule has 1 aromatic carbocycles. The number of nitrogens with zero attached hydrogens (tertiary/aromatic N) is 2. The first-order valence-corrected chi connectivity index (χ1v) is 6.56. The average molecular weight is 271 g/mol. The minimum atomic E-state index is 0.0537. The van der Waals surface area contributed by atoms with E-state index in [1.807, 2.05) is 31.4 Å². The van der Waals surface area contributed by atoms with Gasteiger partial charge < -0.3 is 16.4 Å². The van der Waals surface area contributed by atoms with E-state index in [-0.39, 0.29) is 5.91 Å². The molecule has 4 N–H and O–H groups in total. The normalized spacial score (nSPS) is 13.8. The van der Waals surface area contributed by atoms with Gasteiger partial charge in [-0.2, -0.15) is 5.10 Å². The van der Waals surface area contributed by atoms with Crippen molar-refractivity contribution in [1.29, 1.82) is 0 Å². The summed E-state index contributed by atoms with van der Waals surface area (Å²) in [5.41, 5.74) is 10.4. The molecule has 6 nitrogen and oxygen atoms in total. The van der Waals surface area contributed by atoms with E-state index < -0.39 is 0 Å². The van der Waals surface area contributed by atoms with Crippen LogP contribution in [0.4, 0.5) is 17.1 Å². The zero-order valence-corrected chi connectivity index (χ0v) is 11.3. The number of nitrogens with two attached hydrogens (primary N) is 1. The lowest BCUT2D eigenvalue weighted by Gasteiger charge is -2.19. The van der Waals surface area contributed by atoms with Crippen LogP contribution in [0, 0.1) is 0 Å². The van der Waals surface area contributed by atoms with Crippen molar-refractivity contribution < 1.29 is 4.79 Å². The molecule has 0 saturated heterocycles. The maximum absolute atomic E-state index is 11.4. The fourth-order valence-electron chi connectivity index (χ4n) is 2.34. The van der Waals surface area contributed by atoms with Crippen molar-refractivity contribution in [3.05, 3.63) is 35.7 Å². The summed E-state index contributed by atoms with van der Waals surface area (Å²) in [5.74, 6) is 0.0537. The Morgan fingerprint density at radius 3 is 3.05 bits per heavy atom. The van der Waals surface area contributed by atoms with Crippen molar-refractivity contribution in [3.63, 3.8) is 0 Å². The lowest BCUT2D eigenvalue weighted by Crippen LogP contribution is -2.19. The molecule has 0 unspecified atom stereocenters. The molecule has 2 aromatic rings. The number of aryl methyl sites for hydroxylation is 2. The van der Waals surface area contributed by atoms with Crippen LogP contribution < -0.4 is 16.4 Å². The second kappa shape index (κ2) is 4.88. The van der Waals surface area contributed by atoms with E-state index in [2.05, 4.69) is 15.7 Å². The number of nitrogen functional groups attached to an aromatic ring is 1. The van der Waals surface area contributed by atoms with Crippen molar-refractivity contribution in [2.75, 3.05) is 16.4 Å². The van der Waals surface area contributed by atoms with Crippen molar-refractivity contribution in [2.24, 2.45) is 7.05 Å². The Balaban J connectivity index is 1.79. The van der Waals surface area contributed by atoms with E-state index in [4.69, 9.17) is 5.73 Å². The molecule has 3 rings (SSSR count). The first-order valence-electron chi connectivity index (χ1n) is 6.56. The maximum Gasteiger partial charge on any atom is 0.224 e. The van der Waals surface area contributed by atoms with Crippen LogP contribution >= 0.6 is 0 Å². The van der Waals surface area contributed by atoms with Crippen molar-refractivity contribution in [1.82, 2.24) is 9.78 Å². The minimum absolute atomic E-state index is 0.0537. The highest BCUT2D eigenvalue weighted by Gasteiger charge is 2.16. The van der Waals surface area contributed by atoms with E-state index in [9.17, 15) is 4.79 Å². The smallest absolute Gasteiger partial charge is 0.224 e. The largest absolute Gasteiger partial charge is 0.397 e. The van der Waals surface area contributed by atoms with Gasteiger partial charge in [0.25, 0.3) is 0 Å². The van der Waals surface area contributed by atoms with E-state index in [1.54, 1.807) is 4.68 Å². The number of hydrogen-bond donors (Lipinski definition) is 3. The molecule has 0 fully saturated rings. The van der Waals surface area contributed by atoms with Gasteiger partial charge in [0.2, 0.25) is 5.91 Å². The number of carbonyl (C=O) groups is 1. The fraction of sp³-hybridized carbons (Fsp3) is 0.286. The van der Waals surface area contributed by atoms with Crippen molar-refractivity contribution in [3.8, 4) is 0 Å². The third-order valence-electron chi connectivity index (χ3n) is 3.40. The summed E-state index contributed by atoms with van der Waals surface area (Å²) in [6.07, 6.45) is 3.16. The predicted molar refractivity (Wildman–Crippen MR) is 78.3 cm³/mol. The van der Waals surface area contributed by atoms with Crippen LogP contribution in [-0.2, 0) is 24.8 Å². The zero-order valence-electron chi connectivity index (χ0n) is 11.3. The van der Waals surface area contributed by atoms with Crippen LogP contribution in [0.2, 0.25) is 0 Å². The van der Waals surface area contributed by atoms with Gasteiger partial charge in [0.15, 0.2) is 0 Å². The van der Waals surface area contributed by atoms with Crippen LogP contribution in [0.1, 0.15) is 17.7 Å². The molecule has 1 amide bonds. The number of aromatic nitrogens is 2. The molecule has 0 atom stereocenters. The molecule has 1 aliphatic rings. The molecule has 1 aliphatic heterocycles. The standard InChI is InChI=1S/C14H17N5O/c1-19-5-4-10(18-19)8-16-13-7-12-9(6-11(13)15)2-3-14(20)17-12/h4-7,16H,2-3,8,15H2,1H3,(H,17,20). The van der Waals surface area contributed by atoms with E-state index in [0.29, 0.717) is 18.7 Å². The lowest BCUT2D eigenvalue weighted by molar-refractivity contribution is -0.116. The molecular formula is C14H17N5O. The monoisotopic (exact) mass is 271 g/mol. The summed E-state index contributed by atoms with van der Waals surface area (Å²) in [4.78, 5) is 11.4. The summed E-state index contributed by atoms with van der Waals surface area (Å²) in [6.45, 7) is 0.595. The van der Waals surface area contributed by atoms with Gasteiger partial charge in [0, 0.05) is 25.4 Å². The van der Waals surface area contributed by atoms with Crippen LogP contribution in [0.25, 0.3) is 0 Å². The van der Waals surface area contributed by atoms with Gasteiger partial charge >= 0.3 is 0 Å². The maximum atomic E-state index is 11.4. The summed E-state index contributed by atoms with van der Waals surface area (Å²) in [7, 11) is 1.88. The van der Waals surface area contributed by atoms with Crippen LogP contribution in [0.5, 0.6) is 0 Å². The molecule has 20 heavy (non-hydrogen) atoms. The quantitative estimate of drug-likeness (QED) is 0.738. The van der Waals surface area contributed by atoms with Gasteiger partial charge in [0.1, 0.15) is 0 Å². The second-order valence-corrected chi connectivity index (χ2v) is 4.98. The molecule has 6 heteroatoms. The molecule has 0 saturated carbocycles. The number of rotatable bonds is 3. The number of hydrogen-bond acceptors (Lipinski definition) is 4. The highest BCUT2D eigenvalue weighted by Crippen LogP contribution is 2.31. The highest BCUT2D eigenvalue weighted by molar-refractivity contribution is 5.95. The molecule has 0 radical (unpaired) electrons. The molecule has 0 spiro atoms. The summed E-state index contributed by atoms with van der Waals surface area (Å²) < 4.78 is 1.76. The van der Waals surface area contributed by atoms with Gasteiger partial charge in [-0.05, 0) is 30.2 Å². The Hall–Kier alpha value is -2.50. The Labute approximate surface area is 117 Å². The zero-order chi connectivity index (χ0) is 14.1. The lowest BCUT2D eigenvalue weighted by atomic mass is 10.0.